The van der Waals surface area contributed by atoms with Crippen LogP contribution in [0.1, 0.15) is 10.6 Å². The first-order valence-corrected chi connectivity index (χ1v) is 5.77. The lowest BCUT2D eigenvalue weighted by Crippen LogP contribution is -1.98. The normalized spacial score (nSPS) is 10.7. The van der Waals surface area contributed by atoms with Crippen LogP contribution in [0.25, 0.3) is 0 Å². The van der Waals surface area contributed by atoms with Gasteiger partial charge in [-0.3, -0.25) is 0 Å². The molecule has 0 radical (unpaired) electrons. The summed E-state index contributed by atoms with van der Waals surface area (Å²) in [5, 5.41) is 9.94. The van der Waals surface area contributed by atoms with Crippen LogP contribution in [0, 0.1) is 0 Å². The van der Waals surface area contributed by atoms with Gasteiger partial charge in [-0.05, 0) is 22.0 Å². The van der Waals surface area contributed by atoms with Crippen molar-refractivity contribution >= 4 is 27.3 Å². The Hall–Kier alpha value is -0.720. The number of hydrogen-bond donors (Lipinski definition) is 1. The fraction of sp³-hybridized carbons (Fsp3) is 0.250. The highest BCUT2D eigenvalue weighted by molar-refractivity contribution is 9.10. The molecule has 0 saturated carbocycles. The van der Waals surface area contributed by atoms with Gasteiger partial charge in [-0.2, -0.15) is 0 Å². The number of nitrogens with zero attached hydrogens (tertiary/aromatic N) is 3. The number of aromatic nitrogens is 3. The molecule has 2 rings (SSSR count). The molecule has 14 heavy (non-hydrogen) atoms. The van der Waals surface area contributed by atoms with Crippen LogP contribution in [0.3, 0.4) is 0 Å². The van der Waals surface area contributed by atoms with Gasteiger partial charge in [-0.25, -0.2) is 4.68 Å². The smallest absolute Gasteiger partial charge is 0.0962 e. The van der Waals surface area contributed by atoms with Gasteiger partial charge in [0.2, 0.25) is 0 Å². The molecule has 0 fully saturated rings. The predicted molar refractivity (Wildman–Crippen MR) is 59.0 cm³/mol. The summed E-state index contributed by atoms with van der Waals surface area (Å²) in [6.45, 7) is 1.19. The predicted octanol–water partition coefficient (Wildman–Crippen LogP) is 1.61. The lowest BCUT2D eigenvalue weighted by molar-refractivity contribution is 0.655. The summed E-state index contributed by atoms with van der Waals surface area (Å²) in [5.41, 5.74) is 6.26. The summed E-state index contributed by atoms with van der Waals surface area (Å²) in [6.07, 6.45) is 1.87. The first kappa shape index (κ1) is 9.82. The molecule has 2 N–H and O–H groups in total. The van der Waals surface area contributed by atoms with E-state index in [1.807, 2.05) is 6.20 Å². The molecule has 4 nitrogen and oxygen atoms in total. The molecule has 0 saturated heterocycles. The van der Waals surface area contributed by atoms with E-state index in [2.05, 4.69) is 37.7 Å². The fourth-order valence-corrected chi connectivity index (χ4v) is 2.55. The largest absolute Gasteiger partial charge is 0.325 e. The molecule has 0 aliphatic rings. The van der Waals surface area contributed by atoms with Gasteiger partial charge in [0.05, 0.1) is 18.4 Å². The van der Waals surface area contributed by atoms with E-state index < -0.39 is 0 Å². The standard InChI is InChI=1S/C8H9BrN4S/c9-6-1-8(14-5-6)4-13-3-7(2-10)11-12-13/h1,3,5H,2,4,10H2. The molecule has 6 heteroatoms. The average Bonchev–Trinajstić information content (AvgIpc) is 2.76. The van der Waals surface area contributed by atoms with Gasteiger partial charge in [0.25, 0.3) is 0 Å². The minimum Gasteiger partial charge on any atom is -0.325 e. The number of nitrogens with two attached hydrogens (primary N) is 1. The molecule has 0 aliphatic heterocycles. The third kappa shape index (κ3) is 2.20. The monoisotopic (exact) mass is 272 g/mol. The van der Waals surface area contributed by atoms with Crippen molar-refractivity contribution in [1.82, 2.24) is 15.0 Å². The SMILES string of the molecule is NCc1cn(Cc2cc(Br)cs2)nn1. The number of hydrogen-bond acceptors (Lipinski definition) is 4. The minimum absolute atomic E-state index is 0.439. The molecule has 2 heterocycles. The first-order chi connectivity index (χ1) is 6.78. The van der Waals surface area contributed by atoms with Crippen molar-refractivity contribution in [1.29, 1.82) is 0 Å². The van der Waals surface area contributed by atoms with Gasteiger partial charge in [0.15, 0.2) is 0 Å². The van der Waals surface area contributed by atoms with E-state index in [4.69, 9.17) is 5.73 Å². The molecule has 0 unspecified atom stereocenters. The van der Waals surface area contributed by atoms with Crippen molar-refractivity contribution in [3.05, 3.63) is 32.7 Å². The van der Waals surface area contributed by atoms with E-state index in [-0.39, 0.29) is 0 Å². The van der Waals surface area contributed by atoms with Gasteiger partial charge >= 0.3 is 0 Å². The molecular weight excluding hydrogens is 264 g/mol. The highest BCUT2D eigenvalue weighted by Crippen LogP contribution is 2.20. The molecule has 0 spiro atoms. The van der Waals surface area contributed by atoms with Gasteiger partial charge in [0.1, 0.15) is 0 Å². The van der Waals surface area contributed by atoms with Crippen LogP contribution in [0.15, 0.2) is 22.1 Å². The summed E-state index contributed by atoms with van der Waals surface area (Å²) >= 11 is 5.10. The maximum absolute atomic E-state index is 5.44. The zero-order valence-electron chi connectivity index (χ0n) is 7.35. The van der Waals surface area contributed by atoms with Crippen LogP contribution in [0.4, 0.5) is 0 Å². The van der Waals surface area contributed by atoms with Crippen LogP contribution in [-0.2, 0) is 13.1 Å². The van der Waals surface area contributed by atoms with E-state index >= 15 is 0 Å². The second-order valence-corrected chi connectivity index (χ2v) is 4.75. The Balaban J connectivity index is 2.10. The van der Waals surface area contributed by atoms with Crippen molar-refractivity contribution in [2.45, 2.75) is 13.1 Å². The molecule has 2 aromatic heterocycles. The molecule has 0 bridgehead atoms. The second-order valence-electron chi connectivity index (χ2n) is 2.84. The Bertz CT molecular complexity index is 422. The summed E-state index contributed by atoms with van der Waals surface area (Å²) in [6, 6.07) is 2.08. The van der Waals surface area contributed by atoms with Crippen LogP contribution in [0.2, 0.25) is 0 Å². The Morgan fingerprint density at radius 3 is 3.00 bits per heavy atom. The number of thiophene rings is 1. The van der Waals surface area contributed by atoms with E-state index in [9.17, 15) is 0 Å². The lowest BCUT2D eigenvalue weighted by atomic mass is 10.4. The quantitative estimate of drug-likeness (QED) is 0.924. The Kier molecular flexibility index (Phi) is 2.95. The summed E-state index contributed by atoms with van der Waals surface area (Å²) in [4.78, 5) is 1.24. The Morgan fingerprint density at radius 1 is 1.57 bits per heavy atom. The number of halogens is 1. The zero-order chi connectivity index (χ0) is 9.97. The zero-order valence-corrected chi connectivity index (χ0v) is 9.75. The molecule has 0 aromatic carbocycles. The maximum atomic E-state index is 5.44. The summed E-state index contributed by atoms with van der Waals surface area (Å²) < 4.78 is 2.90. The first-order valence-electron chi connectivity index (χ1n) is 4.10. The van der Waals surface area contributed by atoms with Gasteiger partial charge in [0, 0.05) is 21.3 Å². The van der Waals surface area contributed by atoms with E-state index in [1.54, 1.807) is 16.0 Å². The van der Waals surface area contributed by atoms with Crippen molar-refractivity contribution in [3.63, 3.8) is 0 Å². The highest BCUT2D eigenvalue weighted by Gasteiger charge is 2.01. The summed E-state index contributed by atoms with van der Waals surface area (Å²) in [5.74, 6) is 0. The Morgan fingerprint density at radius 2 is 2.43 bits per heavy atom. The van der Waals surface area contributed by atoms with Crippen LogP contribution in [0.5, 0.6) is 0 Å². The third-order valence-corrected chi connectivity index (χ3v) is 3.42. The maximum Gasteiger partial charge on any atom is 0.0962 e. The van der Waals surface area contributed by atoms with Crippen molar-refractivity contribution in [2.75, 3.05) is 0 Å². The Labute approximate surface area is 93.9 Å². The molecule has 0 atom stereocenters. The van der Waals surface area contributed by atoms with Crippen LogP contribution in [-0.4, -0.2) is 15.0 Å². The molecule has 2 aromatic rings. The van der Waals surface area contributed by atoms with E-state index in [0.29, 0.717) is 6.54 Å². The lowest BCUT2D eigenvalue weighted by Gasteiger charge is -1.94. The van der Waals surface area contributed by atoms with Crippen LogP contribution >= 0.6 is 27.3 Å². The average molecular weight is 273 g/mol. The number of rotatable bonds is 3. The minimum atomic E-state index is 0.439. The molecule has 0 aliphatic carbocycles. The molecular formula is C8H9BrN4S. The van der Waals surface area contributed by atoms with Gasteiger partial charge in [-0.15, -0.1) is 16.4 Å². The van der Waals surface area contributed by atoms with Crippen molar-refractivity contribution in [2.24, 2.45) is 5.73 Å². The highest BCUT2D eigenvalue weighted by atomic mass is 79.9. The van der Waals surface area contributed by atoms with Crippen molar-refractivity contribution in [3.8, 4) is 0 Å². The summed E-state index contributed by atoms with van der Waals surface area (Å²) in [7, 11) is 0. The van der Waals surface area contributed by atoms with Crippen molar-refractivity contribution < 1.29 is 0 Å². The fourth-order valence-electron chi connectivity index (χ4n) is 1.11. The molecule has 74 valence electrons. The topological polar surface area (TPSA) is 56.7 Å². The van der Waals surface area contributed by atoms with E-state index in [1.165, 1.54) is 4.88 Å². The van der Waals surface area contributed by atoms with E-state index in [0.717, 1.165) is 16.7 Å². The third-order valence-electron chi connectivity index (χ3n) is 1.73. The van der Waals surface area contributed by atoms with Gasteiger partial charge in [-0.1, -0.05) is 5.21 Å². The van der Waals surface area contributed by atoms with Crippen LogP contribution < -0.4 is 5.73 Å². The molecule has 0 amide bonds. The van der Waals surface area contributed by atoms with Gasteiger partial charge < -0.3 is 5.73 Å². The second kappa shape index (κ2) is 4.20.